The number of nitrogens with zero attached hydrogens (tertiary/aromatic N) is 1. The number of amides is 1. The zero-order valence-electron chi connectivity index (χ0n) is 16.7. The summed E-state index contributed by atoms with van der Waals surface area (Å²) in [6, 6.07) is 8.31. The molecule has 0 unspecified atom stereocenters. The van der Waals surface area contributed by atoms with Crippen LogP contribution in [0.15, 0.2) is 29.6 Å². The molecule has 2 aromatic rings. The Morgan fingerprint density at radius 3 is 2.64 bits per heavy atom. The number of aromatic nitrogens is 1. The average Bonchev–Trinajstić information content (AvgIpc) is 3.20. The van der Waals surface area contributed by atoms with Crippen LogP contribution >= 0.6 is 11.3 Å². The maximum Gasteiger partial charge on any atom is 0.358 e. The van der Waals surface area contributed by atoms with E-state index in [4.69, 9.17) is 4.74 Å². The van der Waals surface area contributed by atoms with Crippen LogP contribution in [-0.2, 0) is 16.0 Å². The monoisotopic (exact) mass is 400 g/mol. The van der Waals surface area contributed by atoms with Crippen LogP contribution in [0.4, 0.5) is 0 Å². The van der Waals surface area contributed by atoms with E-state index in [-0.39, 0.29) is 17.6 Å². The van der Waals surface area contributed by atoms with Crippen LogP contribution < -0.4 is 5.32 Å². The number of esters is 1. The van der Waals surface area contributed by atoms with Crippen LogP contribution in [0.1, 0.15) is 62.5 Å². The number of carbonyl (C=O) groups is 2. The lowest BCUT2D eigenvalue weighted by molar-refractivity contribution is -0.130. The van der Waals surface area contributed by atoms with E-state index in [1.54, 1.807) is 12.3 Å². The Morgan fingerprint density at radius 1 is 1.25 bits per heavy atom. The highest BCUT2D eigenvalue weighted by Crippen LogP contribution is 2.25. The molecule has 0 radical (unpaired) electrons. The Hall–Kier alpha value is -2.21. The van der Waals surface area contributed by atoms with Gasteiger partial charge in [0.25, 0.3) is 5.91 Å². The molecule has 3 rings (SSSR count). The lowest BCUT2D eigenvalue weighted by Gasteiger charge is -2.30. The number of ether oxygens (including phenoxy) is 1. The van der Waals surface area contributed by atoms with Gasteiger partial charge in [-0.1, -0.05) is 51.0 Å². The molecular weight excluding hydrogens is 372 g/mol. The van der Waals surface area contributed by atoms with E-state index < -0.39 is 12.1 Å². The number of nitrogens with one attached hydrogen (secondary N) is 1. The van der Waals surface area contributed by atoms with Crippen molar-refractivity contribution in [3.8, 4) is 10.6 Å². The van der Waals surface area contributed by atoms with E-state index in [0.717, 1.165) is 36.3 Å². The largest absolute Gasteiger partial charge is 0.448 e. The summed E-state index contributed by atoms with van der Waals surface area (Å²) in [7, 11) is 0. The number of aryl methyl sites for hydroxylation is 1. The van der Waals surface area contributed by atoms with Gasteiger partial charge in [-0.25, -0.2) is 9.78 Å². The normalized spacial score (nSPS) is 20.4. The third-order valence-electron chi connectivity index (χ3n) is 5.41. The molecular formula is C22H28N2O3S. The average molecular weight is 401 g/mol. The lowest BCUT2D eigenvalue weighted by Crippen LogP contribution is -2.46. The molecule has 0 bridgehead atoms. The van der Waals surface area contributed by atoms with E-state index in [0.29, 0.717) is 5.92 Å². The standard InChI is InChI=1S/C22H28N2O3S/c1-4-16-9-11-17(12-10-16)21-24-19(13-28-21)22(26)27-15(3)20(25)23-18-8-6-5-7-14(18)2/h9-15,18H,4-8H2,1-3H3,(H,23,25)/t14-,15-,18+/m0/s1. The van der Waals surface area contributed by atoms with Crippen LogP contribution in [0.5, 0.6) is 0 Å². The van der Waals surface area contributed by atoms with Crippen LogP contribution in [0.25, 0.3) is 10.6 Å². The first-order chi connectivity index (χ1) is 13.5. The fourth-order valence-electron chi connectivity index (χ4n) is 3.49. The molecule has 1 heterocycles. The summed E-state index contributed by atoms with van der Waals surface area (Å²) in [6.45, 7) is 5.88. The second-order valence-electron chi connectivity index (χ2n) is 7.51. The zero-order chi connectivity index (χ0) is 20.1. The molecule has 1 aromatic carbocycles. The second-order valence-corrected chi connectivity index (χ2v) is 8.37. The van der Waals surface area contributed by atoms with E-state index in [9.17, 15) is 9.59 Å². The molecule has 1 saturated carbocycles. The van der Waals surface area contributed by atoms with Crippen molar-refractivity contribution < 1.29 is 14.3 Å². The van der Waals surface area contributed by atoms with Gasteiger partial charge in [0, 0.05) is 17.0 Å². The lowest BCUT2D eigenvalue weighted by atomic mass is 9.86. The maximum absolute atomic E-state index is 12.4. The topological polar surface area (TPSA) is 68.3 Å². The molecule has 1 fully saturated rings. The zero-order valence-corrected chi connectivity index (χ0v) is 17.6. The second kappa shape index (κ2) is 9.32. The summed E-state index contributed by atoms with van der Waals surface area (Å²) in [4.78, 5) is 29.2. The Labute approximate surface area is 170 Å². The summed E-state index contributed by atoms with van der Waals surface area (Å²) >= 11 is 1.40. The Bertz CT molecular complexity index is 815. The summed E-state index contributed by atoms with van der Waals surface area (Å²) < 4.78 is 5.35. The van der Waals surface area contributed by atoms with Gasteiger partial charge in [0.2, 0.25) is 0 Å². The van der Waals surface area contributed by atoms with Gasteiger partial charge in [-0.3, -0.25) is 4.79 Å². The Morgan fingerprint density at radius 2 is 1.96 bits per heavy atom. The van der Waals surface area contributed by atoms with Crippen molar-refractivity contribution in [1.29, 1.82) is 0 Å². The van der Waals surface area contributed by atoms with Crippen molar-refractivity contribution in [2.45, 2.75) is 65.0 Å². The predicted octanol–water partition coefficient (Wildman–Crippen LogP) is 4.61. The Kier molecular flexibility index (Phi) is 6.83. The number of hydrogen-bond donors (Lipinski definition) is 1. The summed E-state index contributed by atoms with van der Waals surface area (Å²) in [5.41, 5.74) is 2.47. The molecule has 1 aromatic heterocycles. The summed E-state index contributed by atoms with van der Waals surface area (Å²) in [5.74, 6) is -0.342. The molecule has 6 heteroatoms. The molecule has 5 nitrogen and oxygen atoms in total. The number of carbonyl (C=O) groups excluding carboxylic acids is 2. The summed E-state index contributed by atoms with van der Waals surface area (Å²) in [5, 5.41) is 5.48. The van der Waals surface area contributed by atoms with Gasteiger partial charge in [-0.05, 0) is 37.7 Å². The first-order valence-electron chi connectivity index (χ1n) is 10.0. The number of hydrogen-bond acceptors (Lipinski definition) is 5. The predicted molar refractivity (Wildman–Crippen MR) is 111 cm³/mol. The van der Waals surface area contributed by atoms with Gasteiger partial charge in [-0.2, -0.15) is 0 Å². The molecule has 0 aliphatic heterocycles. The smallest absolute Gasteiger partial charge is 0.358 e. The van der Waals surface area contributed by atoms with Crippen LogP contribution in [0.3, 0.4) is 0 Å². The summed E-state index contributed by atoms with van der Waals surface area (Å²) in [6.07, 6.45) is 4.60. The highest BCUT2D eigenvalue weighted by molar-refractivity contribution is 7.13. The van der Waals surface area contributed by atoms with Gasteiger partial charge < -0.3 is 10.1 Å². The SMILES string of the molecule is CCc1ccc(-c2nc(C(=O)O[C@@H](C)C(=O)N[C@@H]3CCCC[C@@H]3C)cs2)cc1. The van der Waals surface area contributed by atoms with Crippen molar-refractivity contribution in [3.63, 3.8) is 0 Å². The third kappa shape index (κ3) is 4.98. The van der Waals surface area contributed by atoms with E-state index in [1.807, 2.05) is 12.1 Å². The third-order valence-corrected chi connectivity index (χ3v) is 6.31. The van der Waals surface area contributed by atoms with Gasteiger partial charge in [0.15, 0.2) is 11.8 Å². The van der Waals surface area contributed by atoms with E-state index in [1.165, 1.54) is 23.3 Å². The molecule has 0 spiro atoms. The molecule has 1 N–H and O–H groups in total. The number of rotatable bonds is 6. The maximum atomic E-state index is 12.4. The molecule has 1 amide bonds. The first kappa shape index (κ1) is 20.5. The number of benzene rings is 1. The minimum absolute atomic E-state index is 0.166. The fraction of sp³-hybridized carbons (Fsp3) is 0.500. The van der Waals surface area contributed by atoms with E-state index in [2.05, 4.69) is 36.3 Å². The first-order valence-corrected chi connectivity index (χ1v) is 10.9. The van der Waals surface area contributed by atoms with Crippen molar-refractivity contribution in [2.24, 2.45) is 5.92 Å². The quantitative estimate of drug-likeness (QED) is 0.719. The fourth-order valence-corrected chi connectivity index (χ4v) is 4.28. The van der Waals surface area contributed by atoms with Gasteiger partial charge in [0.05, 0.1) is 0 Å². The van der Waals surface area contributed by atoms with Crippen LogP contribution in [0, 0.1) is 5.92 Å². The molecule has 1 aliphatic rings. The minimum Gasteiger partial charge on any atom is -0.448 e. The van der Waals surface area contributed by atoms with Crippen LogP contribution in [-0.4, -0.2) is 29.0 Å². The van der Waals surface area contributed by atoms with Gasteiger partial charge >= 0.3 is 5.97 Å². The van der Waals surface area contributed by atoms with Crippen LogP contribution in [0.2, 0.25) is 0 Å². The highest BCUT2D eigenvalue weighted by atomic mass is 32.1. The van der Waals surface area contributed by atoms with Crippen molar-refractivity contribution >= 4 is 23.2 Å². The molecule has 150 valence electrons. The molecule has 3 atom stereocenters. The molecule has 28 heavy (non-hydrogen) atoms. The highest BCUT2D eigenvalue weighted by Gasteiger charge is 2.27. The van der Waals surface area contributed by atoms with Crippen molar-refractivity contribution in [2.75, 3.05) is 0 Å². The van der Waals surface area contributed by atoms with Crippen molar-refractivity contribution in [3.05, 3.63) is 40.9 Å². The Balaban J connectivity index is 1.58. The van der Waals surface area contributed by atoms with Crippen molar-refractivity contribution in [1.82, 2.24) is 10.3 Å². The molecule has 1 aliphatic carbocycles. The van der Waals surface area contributed by atoms with Gasteiger partial charge in [0.1, 0.15) is 5.01 Å². The minimum atomic E-state index is -0.837. The van der Waals surface area contributed by atoms with Gasteiger partial charge in [-0.15, -0.1) is 11.3 Å². The number of thiazole rings is 1. The van der Waals surface area contributed by atoms with E-state index >= 15 is 0 Å². The molecule has 0 saturated heterocycles.